The second-order valence-corrected chi connectivity index (χ2v) is 21.1. The van der Waals surface area contributed by atoms with Gasteiger partial charge in [-0.15, -0.1) is 0 Å². The standard InChI is InChI=1S/C22H28N4O2.C21H25ClN4O.C21H26N4O/c1-14-5-6-16(12-21(14)28-2)15-7-8-17-11-20(26-19(17)10-15)22(27)25-13-18(24)4-3-9-23;1-13-4-7-17(18(22)9-13)14-5-6-15-11-20(26-19(15)10-14)21(27)25-12-16(24)3-2-8-23;1-14-4-2-5-15(10-14)16-7-8-17-12-20(25-19(17)11-16)21(26)24-13-18(23)6-3-9-22/h5-8,10-12,18,26H,3-4,9,13,23-24H2,1-2H3,(H,25,27);4-7,9-11,16,26H,2-3,8,12,23-24H2,1H3,(H,25,27);2,4-5,7-8,10-12,18,25H,3,6,9,13,22-23H2,1H3,(H,24,26)/t18-;16-;18-/m000/s1. The van der Waals surface area contributed by atoms with Crippen molar-refractivity contribution in [3.05, 3.63) is 172 Å². The predicted molar refractivity (Wildman–Crippen MR) is 333 cm³/mol. The van der Waals surface area contributed by atoms with Gasteiger partial charge >= 0.3 is 0 Å². The molecule has 16 nitrogen and oxygen atoms in total. The molecule has 6 aromatic carbocycles. The molecule has 3 amide bonds. The number of aryl methyl sites for hydroxylation is 3. The largest absolute Gasteiger partial charge is 0.496 e. The smallest absolute Gasteiger partial charge is 0.267 e. The number of amides is 3. The van der Waals surface area contributed by atoms with E-state index in [4.69, 9.17) is 50.7 Å². The summed E-state index contributed by atoms with van der Waals surface area (Å²) in [4.78, 5) is 46.8. The number of hydrogen-bond acceptors (Lipinski definition) is 10. The van der Waals surface area contributed by atoms with Crippen molar-refractivity contribution >= 4 is 62.0 Å². The highest BCUT2D eigenvalue weighted by Crippen LogP contribution is 2.32. The number of nitrogens with two attached hydrogens (primary N) is 6. The third-order valence-electron chi connectivity index (χ3n) is 14.0. The van der Waals surface area contributed by atoms with E-state index in [-0.39, 0.29) is 35.8 Å². The molecule has 0 aliphatic heterocycles. The van der Waals surface area contributed by atoms with E-state index >= 15 is 0 Å². The summed E-state index contributed by atoms with van der Waals surface area (Å²) in [6, 6.07) is 44.1. The van der Waals surface area contributed by atoms with E-state index in [1.165, 1.54) is 11.1 Å². The molecule has 3 atom stereocenters. The average Bonchev–Trinajstić information content (AvgIpc) is 4.47. The normalized spacial score (nSPS) is 12.2. The predicted octanol–water partition coefficient (Wildman–Crippen LogP) is 9.48. The highest BCUT2D eigenvalue weighted by molar-refractivity contribution is 6.33. The SMILES string of the molecule is COc1cc(-c2ccc3cc(C(=O)NC[C@@H](N)CCCN)[nH]c3c2)ccc1C.Cc1ccc(-c2ccc3cc(C(=O)NC[C@@H](N)CCCN)[nH]c3c2)c(Cl)c1.Cc1cccc(-c2ccc3cc(C(=O)NC[C@@H](N)CCCN)[nH]c3c2)c1. The topological polar surface area (TPSA) is 300 Å². The Hall–Kier alpha value is -7.80. The molecule has 3 heterocycles. The first-order chi connectivity index (χ1) is 39.0. The minimum Gasteiger partial charge on any atom is -0.496 e. The Labute approximate surface area is 479 Å². The lowest BCUT2D eigenvalue weighted by Crippen LogP contribution is -2.37. The molecule has 0 aliphatic carbocycles. The van der Waals surface area contributed by atoms with Crippen LogP contribution in [0.4, 0.5) is 0 Å². The number of aromatic nitrogens is 3. The van der Waals surface area contributed by atoms with Gasteiger partial charge in [-0.25, -0.2) is 0 Å². The first-order valence-corrected chi connectivity index (χ1v) is 28.0. The lowest BCUT2D eigenvalue weighted by Gasteiger charge is -2.11. The zero-order valence-corrected chi connectivity index (χ0v) is 47.7. The number of rotatable bonds is 22. The third-order valence-corrected chi connectivity index (χ3v) is 14.4. The van der Waals surface area contributed by atoms with Gasteiger partial charge in [-0.2, -0.15) is 0 Å². The maximum absolute atomic E-state index is 12.4. The van der Waals surface area contributed by atoms with Gasteiger partial charge in [0, 0.05) is 81.1 Å². The van der Waals surface area contributed by atoms with E-state index in [0.717, 1.165) is 116 Å². The molecule has 0 fully saturated rings. The van der Waals surface area contributed by atoms with Crippen molar-refractivity contribution in [2.24, 2.45) is 34.4 Å². The fourth-order valence-corrected chi connectivity index (χ4v) is 9.70. The Morgan fingerprint density at radius 1 is 0.481 bits per heavy atom. The molecule has 81 heavy (non-hydrogen) atoms. The van der Waals surface area contributed by atoms with Gasteiger partial charge in [0.15, 0.2) is 0 Å². The Kier molecular flexibility index (Phi) is 22.2. The van der Waals surface area contributed by atoms with Gasteiger partial charge in [-0.3, -0.25) is 14.4 Å². The van der Waals surface area contributed by atoms with Crippen molar-refractivity contribution in [3.8, 4) is 39.1 Å². The summed E-state index contributed by atoms with van der Waals surface area (Å²) in [5.41, 5.74) is 48.6. The number of aromatic amines is 3. The molecule has 426 valence electrons. The summed E-state index contributed by atoms with van der Waals surface area (Å²) in [5.74, 6) is 0.402. The van der Waals surface area contributed by atoms with E-state index in [1.807, 2.05) is 105 Å². The van der Waals surface area contributed by atoms with Crippen molar-refractivity contribution in [1.29, 1.82) is 0 Å². The van der Waals surface area contributed by atoms with Gasteiger partial charge in [0.2, 0.25) is 0 Å². The van der Waals surface area contributed by atoms with Gasteiger partial charge in [-0.05, 0) is 166 Å². The number of carbonyl (C=O) groups is 3. The molecule has 0 saturated heterocycles. The monoisotopic (exact) mass is 1110 g/mol. The first kappa shape index (κ1) is 60.8. The number of carbonyl (C=O) groups excluding carboxylic acids is 3. The van der Waals surface area contributed by atoms with Crippen LogP contribution in [0.3, 0.4) is 0 Å². The molecule has 3 aromatic heterocycles. The van der Waals surface area contributed by atoms with Crippen LogP contribution in [0.15, 0.2) is 133 Å². The van der Waals surface area contributed by atoms with Crippen LogP contribution in [0.1, 0.15) is 86.7 Å². The van der Waals surface area contributed by atoms with Crippen molar-refractivity contribution in [3.63, 3.8) is 0 Å². The summed E-state index contributed by atoms with van der Waals surface area (Å²) in [7, 11) is 1.67. The zero-order valence-electron chi connectivity index (χ0n) is 46.9. The number of halogens is 1. The highest BCUT2D eigenvalue weighted by atomic mass is 35.5. The molecule has 9 aromatic rings. The number of H-pyrrole nitrogens is 3. The number of fused-ring (bicyclic) bond motifs is 3. The van der Waals surface area contributed by atoms with Crippen molar-refractivity contribution in [2.45, 2.75) is 77.4 Å². The second-order valence-electron chi connectivity index (χ2n) is 20.7. The van der Waals surface area contributed by atoms with Gasteiger partial charge in [0.25, 0.3) is 17.7 Å². The minimum absolute atomic E-state index is 0.0696. The Balaban J connectivity index is 0.000000175. The number of ether oxygens (including phenoxy) is 1. The van der Waals surface area contributed by atoms with Crippen LogP contribution >= 0.6 is 11.6 Å². The lowest BCUT2D eigenvalue weighted by atomic mass is 10.0. The van der Waals surface area contributed by atoms with Gasteiger partial charge in [-0.1, -0.05) is 102 Å². The molecular weight excluding hydrogens is 1040 g/mol. The highest BCUT2D eigenvalue weighted by Gasteiger charge is 2.16. The van der Waals surface area contributed by atoms with Crippen LogP contribution in [0.2, 0.25) is 5.02 Å². The van der Waals surface area contributed by atoms with E-state index in [2.05, 4.69) is 80.3 Å². The van der Waals surface area contributed by atoms with Crippen LogP contribution < -0.4 is 55.1 Å². The minimum atomic E-state index is -0.163. The number of methoxy groups -OCH3 is 1. The maximum atomic E-state index is 12.4. The summed E-state index contributed by atoms with van der Waals surface area (Å²) in [6.07, 6.45) is 4.98. The second kappa shape index (κ2) is 29.6. The van der Waals surface area contributed by atoms with Crippen molar-refractivity contribution in [1.82, 2.24) is 30.9 Å². The molecule has 17 heteroatoms. The maximum Gasteiger partial charge on any atom is 0.267 e. The summed E-state index contributed by atoms with van der Waals surface area (Å²) >= 11 is 6.38. The van der Waals surface area contributed by atoms with E-state index < -0.39 is 0 Å². The van der Waals surface area contributed by atoms with Crippen LogP contribution in [0.25, 0.3) is 66.1 Å². The molecular formula is C64H79ClN12O4. The van der Waals surface area contributed by atoms with Crippen LogP contribution in [0.5, 0.6) is 5.75 Å². The van der Waals surface area contributed by atoms with Crippen LogP contribution in [0, 0.1) is 20.8 Å². The third kappa shape index (κ3) is 17.1. The van der Waals surface area contributed by atoms with Gasteiger partial charge < -0.3 is 70.0 Å². The summed E-state index contributed by atoms with van der Waals surface area (Å²) in [5, 5.41) is 12.3. The zero-order chi connectivity index (χ0) is 58.0. The molecule has 0 spiro atoms. The lowest BCUT2D eigenvalue weighted by molar-refractivity contribution is 0.0938. The van der Waals surface area contributed by atoms with Gasteiger partial charge in [0.1, 0.15) is 22.8 Å². The number of hydrogen-bond donors (Lipinski definition) is 12. The van der Waals surface area contributed by atoms with Gasteiger partial charge in [0.05, 0.1) is 7.11 Å². The van der Waals surface area contributed by atoms with E-state index in [9.17, 15) is 14.4 Å². The molecule has 0 radical (unpaired) electrons. The molecule has 0 aliphatic rings. The molecule has 0 unspecified atom stereocenters. The quantitative estimate of drug-likeness (QED) is 0.0305. The number of benzene rings is 6. The molecule has 18 N–H and O–H groups in total. The first-order valence-electron chi connectivity index (χ1n) is 27.6. The number of nitrogens with one attached hydrogen (secondary N) is 6. The molecule has 0 bridgehead atoms. The average molecular weight is 1120 g/mol. The molecule has 9 rings (SSSR count). The van der Waals surface area contributed by atoms with Crippen molar-refractivity contribution < 1.29 is 19.1 Å². The van der Waals surface area contributed by atoms with Crippen molar-refractivity contribution in [2.75, 3.05) is 46.4 Å². The Morgan fingerprint density at radius 2 is 0.877 bits per heavy atom. The van der Waals surface area contributed by atoms with Crippen LogP contribution in [-0.4, -0.2) is 97.2 Å². The van der Waals surface area contributed by atoms with E-state index in [1.54, 1.807) is 7.11 Å². The Bertz CT molecular complexity index is 3550. The molecule has 0 saturated carbocycles. The summed E-state index contributed by atoms with van der Waals surface area (Å²) in [6.45, 7) is 9.25. The fraction of sp³-hybridized carbons (Fsp3) is 0.297. The van der Waals surface area contributed by atoms with E-state index in [0.29, 0.717) is 61.4 Å². The fourth-order valence-electron chi connectivity index (χ4n) is 9.36. The van der Waals surface area contributed by atoms with Crippen LogP contribution in [-0.2, 0) is 0 Å². The summed E-state index contributed by atoms with van der Waals surface area (Å²) < 4.78 is 5.42. The Morgan fingerprint density at radius 3 is 1.30 bits per heavy atom.